The summed E-state index contributed by atoms with van der Waals surface area (Å²) in [6, 6.07) is -0.0737. The molecule has 2 N–H and O–H groups in total. The van der Waals surface area contributed by atoms with Gasteiger partial charge in [-0.05, 0) is 54.9 Å². The number of nitrogens with one attached hydrogen (secondary N) is 1. The Morgan fingerprint density at radius 1 is 1.18 bits per heavy atom. The number of urea groups is 1. The van der Waals surface area contributed by atoms with Crippen molar-refractivity contribution in [3.05, 3.63) is 0 Å². The maximum absolute atomic E-state index is 12.2. The van der Waals surface area contributed by atoms with Crippen molar-refractivity contribution < 1.29 is 19.4 Å². The number of carbonyl (C=O) groups excluding carboxylic acids is 1. The Kier molecular flexibility index (Phi) is 9.38. The Hall–Kier alpha value is -1.30. The van der Waals surface area contributed by atoms with Gasteiger partial charge in [0, 0.05) is 12.6 Å². The number of amides is 2. The van der Waals surface area contributed by atoms with Crippen molar-refractivity contribution >= 4 is 12.5 Å². The van der Waals surface area contributed by atoms with E-state index in [1.807, 2.05) is 41.7 Å². The third kappa shape index (κ3) is 10.4. The molecule has 0 bridgehead atoms. The highest BCUT2D eigenvalue weighted by molar-refractivity contribution is 5.75. The number of rotatable bonds is 5. The molecule has 22 heavy (non-hydrogen) atoms. The van der Waals surface area contributed by atoms with Gasteiger partial charge in [-0.25, -0.2) is 4.79 Å². The van der Waals surface area contributed by atoms with Gasteiger partial charge in [-0.3, -0.25) is 4.79 Å². The Morgan fingerprint density at radius 3 is 1.91 bits per heavy atom. The molecule has 0 aromatic rings. The molecule has 6 heteroatoms. The van der Waals surface area contributed by atoms with Crippen molar-refractivity contribution in [2.45, 2.75) is 78.5 Å². The maximum Gasteiger partial charge on any atom is 0.318 e. The monoisotopic (exact) mass is 318 g/mol. The van der Waals surface area contributed by atoms with Gasteiger partial charge in [0.15, 0.2) is 0 Å². The van der Waals surface area contributed by atoms with E-state index in [1.165, 1.54) is 0 Å². The first kappa shape index (κ1) is 23.0. The van der Waals surface area contributed by atoms with Crippen molar-refractivity contribution in [3.8, 4) is 0 Å². The van der Waals surface area contributed by atoms with E-state index in [0.29, 0.717) is 6.61 Å². The molecule has 6 nitrogen and oxygen atoms in total. The molecule has 0 radical (unpaired) electrons. The third-order valence-corrected chi connectivity index (χ3v) is 3.36. The molecule has 0 saturated heterocycles. The summed E-state index contributed by atoms with van der Waals surface area (Å²) >= 11 is 0. The van der Waals surface area contributed by atoms with Gasteiger partial charge in [-0.2, -0.15) is 0 Å². The normalized spacial score (nSPS) is 12.0. The van der Waals surface area contributed by atoms with E-state index >= 15 is 0 Å². The van der Waals surface area contributed by atoms with Crippen LogP contribution in [0.5, 0.6) is 0 Å². The van der Waals surface area contributed by atoms with Gasteiger partial charge in [0.2, 0.25) is 0 Å². The van der Waals surface area contributed by atoms with E-state index in [2.05, 4.69) is 26.1 Å². The van der Waals surface area contributed by atoms with Crippen LogP contribution in [0.15, 0.2) is 0 Å². The molecular weight excluding hydrogens is 284 g/mol. The quantitative estimate of drug-likeness (QED) is 0.763. The van der Waals surface area contributed by atoms with Gasteiger partial charge in [0.05, 0.1) is 17.7 Å². The number of nitrogens with zero attached hydrogens (tertiary/aromatic N) is 1. The average molecular weight is 318 g/mol. The minimum Gasteiger partial charge on any atom is -0.483 e. The second kappa shape index (κ2) is 8.98. The highest BCUT2D eigenvalue weighted by atomic mass is 16.5. The summed E-state index contributed by atoms with van der Waals surface area (Å²) in [7, 11) is 1.81. The lowest BCUT2D eigenvalue weighted by Crippen LogP contribution is -2.56. The fourth-order valence-electron chi connectivity index (χ4n) is 1.25. The van der Waals surface area contributed by atoms with E-state index < -0.39 is 0 Å². The average Bonchev–Trinajstić information content (AvgIpc) is 2.35. The summed E-state index contributed by atoms with van der Waals surface area (Å²) in [5.74, 6) is 0. The largest absolute Gasteiger partial charge is 0.483 e. The molecule has 0 aromatic heterocycles. The predicted molar refractivity (Wildman–Crippen MR) is 89.1 cm³/mol. The summed E-state index contributed by atoms with van der Waals surface area (Å²) in [5, 5.41) is 9.86. The second-order valence-electron chi connectivity index (χ2n) is 7.56. The lowest BCUT2D eigenvalue weighted by Gasteiger charge is -2.39. The van der Waals surface area contributed by atoms with Gasteiger partial charge in [0.25, 0.3) is 6.47 Å². The standard InChI is InChI=1S/C15H32N2O2.CH2O2/c1-10-15(7,8)19-11-14(5,6)17(9)12(18)16-13(2,3)4;2-1-3/h10-11H2,1-9H3,(H,16,18);1H,(H,2,3). The van der Waals surface area contributed by atoms with Crippen LogP contribution in [0.3, 0.4) is 0 Å². The van der Waals surface area contributed by atoms with Crippen molar-refractivity contribution in [2.24, 2.45) is 0 Å². The van der Waals surface area contributed by atoms with Crippen molar-refractivity contribution in [1.82, 2.24) is 10.2 Å². The first-order valence-electron chi connectivity index (χ1n) is 7.50. The summed E-state index contributed by atoms with van der Waals surface area (Å²) in [6.45, 7) is 16.5. The highest BCUT2D eigenvalue weighted by Gasteiger charge is 2.31. The van der Waals surface area contributed by atoms with E-state index in [9.17, 15) is 4.79 Å². The lowest BCUT2D eigenvalue weighted by atomic mass is 10.0. The van der Waals surface area contributed by atoms with Crippen LogP contribution in [0, 0.1) is 0 Å². The molecule has 0 spiro atoms. The van der Waals surface area contributed by atoms with Gasteiger partial charge < -0.3 is 20.1 Å². The van der Waals surface area contributed by atoms with Crippen molar-refractivity contribution in [3.63, 3.8) is 0 Å². The van der Waals surface area contributed by atoms with Crippen LogP contribution in [0.4, 0.5) is 4.79 Å². The van der Waals surface area contributed by atoms with Crippen LogP contribution >= 0.6 is 0 Å². The molecule has 0 aliphatic rings. The van der Waals surface area contributed by atoms with Crippen LogP contribution in [0.25, 0.3) is 0 Å². The molecule has 0 aliphatic heterocycles. The summed E-state index contributed by atoms with van der Waals surface area (Å²) in [6.07, 6.45) is 0.945. The zero-order valence-corrected chi connectivity index (χ0v) is 15.6. The number of likely N-dealkylation sites (N-methyl/N-ethyl adjacent to an activating group) is 1. The molecule has 0 aromatic carbocycles. The van der Waals surface area contributed by atoms with Gasteiger partial charge >= 0.3 is 6.03 Å². The lowest BCUT2D eigenvalue weighted by molar-refractivity contribution is -0.122. The zero-order chi connectivity index (χ0) is 18.2. The SMILES string of the molecule is CCC(C)(C)OCC(C)(C)N(C)C(=O)NC(C)(C)C.O=CO. The molecule has 0 aliphatic carbocycles. The number of carboxylic acid groups (broad SMARTS) is 1. The second-order valence-corrected chi connectivity index (χ2v) is 7.56. The van der Waals surface area contributed by atoms with Crippen LogP contribution in [0.1, 0.15) is 61.8 Å². The fraction of sp³-hybridized carbons (Fsp3) is 0.875. The molecular formula is C16H34N2O4. The van der Waals surface area contributed by atoms with E-state index in [0.717, 1.165) is 6.42 Å². The van der Waals surface area contributed by atoms with Crippen LogP contribution in [0.2, 0.25) is 0 Å². The van der Waals surface area contributed by atoms with Crippen LogP contribution in [-0.4, -0.2) is 52.8 Å². The molecule has 0 saturated carbocycles. The minimum atomic E-state index is -0.345. The summed E-state index contributed by atoms with van der Waals surface area (Å²) < 4.78 is 5.92. The Balaban J connectivity index is 0. The molecule has 0 heterocycles. The minimum absolute atomic E-state index is 0.0737. The first-order chi connectivity index (χ1) is 9.72. The highest BCUT2D eigenvalue weighted by Crippen LogP contribution is 2.20. The number of ether oxygens (including phenoxy) is 1. The smallest absolute Gasteiger partial charge is 0.318 e. The van der Waals surface area contributed by atoms with Gasteiger partial charge in [-0.15, -0.1) is 0 Å². The topological polar surface area (TPSA) is 78.9 Å². The molecule has 0 atom stereocenters. The molecule has 0 unspecified atom stereocenters. The van der Waals surface area contributed by atoms with Gasteiger partial charge in [0.1, 0.15) is 0 Å². The Labute approximate surface area is 135 Å². The third-order valence-electron chi connectivity index (χ3n) is 3.36. The Bertz CT molecular complexity index is 347. The number of hydrogen-bond acceptors (Lipinski definition) is 3. The summed E-state index contributed by atoms with van der Waals surface area (Å²) in [5.41, 5.74) is -0.731. The molecule has 0 fully saturated rings. The van der Waals surface area contributed by atoms with Crippen LogP contribution < -0.4 is 5.32 Å². The van der Waals surface area contributed by atoms with E-state index in [1.54, 1.807) is 4.90 Å². The molecule has 132 valence electrons. The van der Waals surface area contributed by atoms with E-state index in [-0.39, 0.29) is 29.2 Å². The van der Waals surface area contributed by atoms with E-state index in [4.69, 9.17) is 14.6 Å². The maximum atomic E-state index is 12.2. The predicted octanol–water partition coefficient (Wildman–Crippen LogP) is 3.11. The molecule has 2 amide bonds. The fourth-order valence-corrected chi connectivity index (χ4v) is 1.25. The molecule has 0 rings (SSSR count). The summed E-state index contributed by atoms with van der Waals surface area (Å²) in [4.78, 5) is 22.2. The zero-order valence-electron chi connectivity index (χ0n) is 15.6. The number of carbonyl (C=O) groups is 2. The number of hydrogen-bond donors (Lipinski definition) is 2. The Morgan fingerprint density at radius 2 is 1.59 bits per heavy atom. The van der Waals surface area contributed by atoms with Crippen LogP contribution in [-0.2, 0) is 9.53 Å². The van der Waals surface area contributed by atoms with Crippen molar-refractivity contribution in [2.75, 3.05) is 13.7 Å². The van der Waals surface area contributed by atoms with Gasteiger partial charge in [-0.1, -0.05) is 6.92 Å². The van der Waals surface area contributed by atoms with Crippen molar-refractivity contribution in [1.29, 1.82) is 0 Å². The first-order valence-corrected chi connectivity index (χ1v) is 7.50.